The van der Waals surface area contributed by atoms with E-state index in [1.54, 1.807) is 13.2 Å². The van der Waals surface area contributed by atoms with Crippen molar-refractivity contribution < 1.29 is 9.13 Å². The maximum Gasteiger partial charge on any atom is 0.127 e. The first-order chi connectivity index (χ1) is 9.06. The Bertz CT molecular complexity index is 373. The number of ether oxygens (including phenoxy) is 1. The van der Waals surface area contributed by atoms with Gasteiger partial charge in [-0.2, -0.15) is 0 Å². The van der Waals surface area contributed by atoms with Gasteiger partial charge in [0.2, 0.25) is 0 Å². The molecule has 4 heteroatoms. The van der Waals surface area contributed by atoms with Crippen LogP contribution in [0.1, 0.15) is 31.4 Å². The molecule has 0 aliphatic heterocycles. The van der Waals surface area contributed by atoms with Gasteiger partial charge in [-0.25, -0.2) is 4.39 Å². The Morgan fingerprint density at radius 3 is 2.68 bits per heavy atom. The quantitative estimate of drug-likeness (QED) is 0.736. The first kappa shape index (κ1) is 16.1. The van der Waals surface area contributed by atoms with Gasteiger partial charge in [-0.1, -0.05) is 18.2 Å². The zero-order chi connectivity index (χ0) is 14.3. The van der Waals surface area contributed by atoms with Gasteiger partial charge in [-0.15, -0.1) is 0 Å². The molecule has 0 aliphatic carbocycles. The molecular formula is C15H25FN2O. The molecule has 1 aromatic carbocycles. The van der Waals surface area contributed by atoms with Crippen LogP contribution in [0.2, 0.25) is 0 Å². The van der Waals surface area contributed by atoms with E-state index < -0.39 is 0 Å². The van der Waals surface area contributed by atoms with Gasteiger partial charge in [0, 0.05) is 37.9 Å². The molecule has 2 atom stereocenters. The van der Waals surface area contributed by atoms with Crippen LogP contribution in [0.4, 0.5) is 4.39 Å². The van der Waals surface area contributed by atoms with Crippen LogP contribution in [0.3, 0.4) is 0 Å². The van der Waals surface area contributed by atoms with Gasteiger partial charge in [0.15, 0.2) is 0 Å². The van der Waals surface area contributed by atoms with E-state index in [2.05, 4.69) is 4.90 Å². The van der Waals surface area contributed by atoms with Crippen LogP contribution in [0, 0.1) is 5.82 Å². The van der Waals surface area contributed by atoms with Crippen molar-refractivity contribution in [2.45, 2.75) is 31.8 Å². The first-order valence-corrected chi connectivity index (χ1v) is 6.75. The SMILES string of the molecule is COCCCC(N)CN(C)C(C)c1ccccc1F. The minimum Gasteiger partial charge on any atom is -0.385 e. The van der Waals surface area contributed by atoms with E-state index in [9.17, 15) is 4.39 Å². The molecule has 19 heavy (non-hydrogen) atoms. The van der Waals surface area contributed by atoms with Crippen LogP contribution in [0.25, 0.3) is 0 Å². The van der Waals surface area contributed by atoms with Crippen LogP contribution in [-0.2, 0) is 4.74 Å². The fourth-order valence-corrected chi connectivity index (χ4v) is 2.16. The number of halogens is 1. The van der Waals surface area contributed by atoms with Crippen molar-refractivity contribution in [2.75, 3.05) is 27.3 Å². The van der Waals surface area contributed by atoms with Gasteiger partial charge in [-0.05, 0) is 32.9 Å². The van der Waals surface area contributed by atoms with Crippen LogP contribution in [0.5, 0.6) is 0 Å². The lowest BCUT2D eigenvalue weighted by Gasteiger charge is -2.28. The lowest BCUT2D eigenvalue weighted by Crippen LogP contribution is -2.37. The summed E-state index contributed by atoms with van der Waals surface area (Å²) in [6.07, 6.45) is 1.88. The van der Waals surface area contributed by atoms with Crippen LogP contribution in [0.15, 0.2) is 24.3 Å². The standard InChI is InChI=1S/C15H25FN2O/c1-12(14-8-4-5-9-15(14)16)18(2)11-13(17)7-6-10-19-3/h4-5,8-9,12-13H,6-7,10-11,17H2,1-3H3. The minimum atomic E-state index is -0.158. The van der Waals surface area contributed by atoms with E-state index in [1.807, 2.05) is 26.1 Å². The Morgan fingerprint density at radius 2 is 2.05 bits per heavy atom. The van der Waals surface area contributed by atoms with E-state index in [4.69, 9.17) is 10.5 Å². The molecule has 0 heterocycles. The van der Waals surface area contributed by atoms with Crippen molar-refractivity contribution in [3.8, 4) is 0 Å². The topological polar surface area (TPSA) is 38.5 Å². The fraction of sp³-hybridized carbons (Fsp3) is 0.600. The van der Waals surface area contributed by atoms with Crippen LogP contribution < -0.4 is 5.73 Å². The molecule has 0 saturated carbocycles. The Balaban J connectivity index is 2.48. The zero-order valence-corrected chi connectivity index (χ0v) is 12.1. The molecular weight excluding hydrogens is 243 g/mol. The normalized spacial score (nSPS) is 14.6. The van der Waals surface area contributed by atoms with Crippen molar-refractivity contribution >= 4 is 0 Å². The Kier molecular flexibility index (Phi) is 6.99. The number of methoxy groups -OCH3 is 1. The van der Waals surface area contributed by atoms with Gasteiger partial charge in [0.05, 0.1) is 0 Å². The third kappa shape index (κ3) is 5.27. The third-order valence-electron chi connectivity index (χ3n) is 3.46. The molecule has 0 aromatic heterocycles. The summed E-state index contributed by atoms with van der Waals surface area (Å²) in [5, 5.41) is 0. The molecule has 0 aliphatic rings. The largest absolute Gasteiger partial charge is 0.385 e. The monoisotopic (exact) mass is 268 g/mol. The molecule has 108 valence electrons. The van der Waals surface area contributed by atoms with Crippen LogP contribution >= 0.6 is 0 Å². The van der Waals surface area contributed by atoms with E-state index in [1.165, 1.54) is 6.07 Å². The molecule has 2 N–H and O–H groups in total. The highest BCUT2D eigenvalue weighted by molar-refractivity contribution is 5.20. The van der Waals surface area contributed by atoms with Crippen molar-refractivity contribution in [3.63, 3.8) is 0 Å². The Morgan fingerprint density at radius 1 is 1.37 bits per heavy atom. The number of benzene rings is 1. The highest BCUT2D eigenvalue weighted by Crippen LogP contribution is 2.21. The second-order valence-electron chi connectivity index (χ2n) is 5.03. The summed E-state index contributed by atoms with van der Waals surface area (Å²) >= 11 is 0. The summed E-state index contributed by atoms with van der Waals surface area (Å²) in [7, 11) is 3.67. The average Bonchev–Trinajstić information content (AvgIpc) is 2.38. The second-order valence-corrected chi connectivity index (χ2v) is 5.03. The van der Waals surface area contributed by atoms with Gasteiger partial charge < -0.3 is 10.5 Å². The number of nitrogens with two attached hydrogens (primary N) is 1. The predicted molar refractivity (Wildman–Crippen MR) is 76.5 cm³/mol. The molecule has 3 nitrogen and oxygen atoms in total. The summed E-state index contributed by atoms with van der Waals surface area (Å²) in [6, 6.07) is 7.01. The van der Waals surface area contributed by atoms with Gasteiger partial charge in [0.1, 0.15) is 5.82 Å². The third-order valence-corrected chi connectivity index (χ3v) is 3.46. The molecule has 1 rings (SSSR count). The number of nitrogens with zero attached hydrogens (tertiary/aromatic N) is 1. The molecule has 2 unspecified atom stereocenters. The van der Waals surface area contributed by atoms with E-state index in [-0.39, 0.29) is 17.9 Å². The van der Waals surface area contributed by atoms with E-state index in [0.717, 1.165) is 26.0 Å². The molecule has 0 saturated heterocycles. The minimum absolute atomic E-state index is 0.0228. The molecule has 0 fully saturated rings. The van der Waals surface area contributed by atoms with Gasteiger partial charge >= 0.3 is 0 Å². The van der Waals surface area contributed by atoms with Crippen molar-refractivity contribution in [1.82, 2.24) is 4.90 Å². The summed E-state index contributed by atoms with van der Waals surface area (Å²) in [5.41, 5.74) is 6.80. The smallest absolute Gasteiger partial charge is 0.127 e. The zero-order valence-electron chi connectivity index (χ0n) is 12.1. The van der Waals surface area contributed by atoms with Crippen molar-refractivity contribution in [2.24, 2.45) is 5.73 Å². The number of hydrogen-bond acceptors (Lipinski definition) is 3. The maximum absolute atomic E-state index is 13.7. The summed E-state index contributed by atoms with van der Waals surface area (Å²) in [6.45, 7) is 3.49. The lowest BCUT2D eigenvalue weighted by atomic mass is 10.1. The van der Waals surface area contributed by atoms with Crippen molar-refractivity contribution in [3.05, 3.63) is 35.6 Å². The summed E-state index contributed by atoms with van der Waals surface area (Å²) in [4.78, 5) is 2.09. The maximum atomic E-state index is 13.7. The molecule has 0 spiro atoms. The predicted octanol–water partition coefficient (Wildman–Crippen LogP) is 2.57. The lowest BCUT2D eigenvalue weighted by molar-refractivity contribution is 0.183. The number of likely N-dealkylation sites (N-methyl/N-ethyl adjacent to an activating group) is 1. The van der Waals surface area contributed by atoms with Crippen LogP contribution in [-0.4, -0.2) is 38.3 Å². The molecule has 0 bridgehead atoms. The molecule has 1 aromatic rings. The van der Waals surface area contributed by atoms with E-state index >= 15 is 0 Å². The second kappa shape index (κ2) is 8.25. The summed E-state index contributed by atoms with van der Waals surface area (Å²) in [5.74, 6) is -0.158. The number of rotatable bonds is 8. The fourth-order valence-electron chi connectivity index (χ4n) is 2.16. The van der Waals surface area contributed by atoms with Crippen molar-refractivity contribution in [1.29, 1.82) is 0 Å². The van der Waals surface area contributed by atoms with E-state index in [0.29, 0.717) is 5.56 Å². The Labute approximate surface area is 115 Å². The molecule has 0 amide bonds. The average molecular weight is 268 g/mol. The number of hydrogen-bond donors (Lipinski definition) is 1. The highest BCUT2D eigenvalue weighted by atomic mass is 19.1. The summed E-state index contributed by atoms with van der Waals surface area (Å²) < 4.78 is 18.7. The van der Waals surface area contributed by atoms with Gasteiger partial charge in [-0.3, -0.25) is 4.90 Å². The first-order valence-electron chi connectivity index (χ1n) is 6.75. The Hall–Kier alpha value is -0.970. The highest BCUT2D eigenvalue weighted by Gasteiger charge is 2.17. The van der Waals surface area contributed by atoms with Gasteiger partial charge in [0.25, 0.3) is 0 Å². The molecule has 0 radical (unpaired) electrons.